The molecule has 1 heterocycles. The van der Waals surface area contributed by atoms with Gasteiger partial charge in [0.1, 0.15) is 11.6 Å². The van der Waals surface area contributed by atoms with E-state index in [2.05, 4.69) is 0 Å². The Balaban J connectivity index is 2.15. The summed E-state index contributed by atoms with van der Waals surface area (Å²) < 4.78 is 10.5. The zero-order valence-electron chi connectivity index (χ0n) is 12.6. The smallest absolute Gasteiger partial charge is 0.411 e. The Labute approximate surface area is 119 Å². The quantitative estimate of drug-likeness (QED) is 0.789. The maximum Gasteiger partial charge on any atom is 0.411 e. The van der Waals surface area contributed by atoms with Gasteiger partial charge in [-0.25, -0.2) is 9.59 Å². The molecular formula is C14H24N2O4. The van der Waals surface area contributed by atoms with Crippen LogP contribution in [0.4, 0.5) is 4.79 Å². The van der Waals surface area contributed by atoms with Gasteiger partial charge in [-0.3, -0.25) is 4.90 Å². The van der Waals surface area contributed by atoms with Gasteiger partial charge in [0.15, 0.2) is 0 Å². The van der Waals surface area contributed by atoms with Gasteiger partial charge in [0.05, 0.1) is 6.61 Å². The van der Waals surface area contributed by atoms with E-state index in [1.54, 1.807) is 6.92 Å². The van der Waals surface area contributed by atoms with Crippen molar-refractivity contribution in [3.05, 3.63) is 0 Å². The van der Waals surface area contributed by atoms with Crippen molar-refractivity contribution in [3.63, 3.8) is 0 Å². The van der Waals surface area contributed by atoms with Crippen LogP contribution in [0, 0.1) is 5.41 Å². The zero-order valence-corrected chi connectivity index (χ0v) is 12.6. The third kappa shape index (κ3) is 2.61. The van der Waals surface area contributed by atoms with Crippen molar-refractivity contribution in [1.29, 1.82) is 0 Å². The molecule has 0 aromatic rings. The molecule has 0 unspecified atom stereocenters. The SMILES string of the molecule is CCOC(=O)[C@@H]1C[C@@]2(CN)C[C@H]2N1C(=O)OC(C)(C)C. The summed E-state index contributed by atoms with van der Waals surface area (Å²) in [5, 5.41) is 0. The number of hydrogen-bond acceptors (Lipinski definition) is 5. The van der Waals surface area contributed by atoms with Crippen LogP contribution in [-0.2, 0) is 14.3 Å². The summed E-state index contributed by atoms with van der Waals surface area (Å²) in [6, 6.07) is -0.552. The highest BCUT2D eigenvalue weighted by molar-refractivity contribution is 5.83. The molecule has 20 heavy (non-hydrogen) atoms. The van der Waals surface area contributed by atoms with Gasteiger partial charge >= 0.3 is 12.1 Å². The van der Waals surface area contributed by atoms with Gasteiger partial charge in [0.2, 0.25) is 0 Å². The minimum atomic E-state index is -0.584. The van der Waals surface area contributed by atoms with Crippen molar-refractivity contribution in [2.75, 3.05) is 13.2 Å². The van der Waals surface area contributed by atoms with Gasteiger partial charge in [0.25, 0.3) is 0 Å². The summed E-state index contributed by atoms with van der Waals surface area (Å²) >= 11 is 0. The molecule has 2 rings (SSSR count). The summed E-state index contributed by atoms with van der Waals surface area (Å²) in [5.41, 5.74) is 5.10. The fraction of sp³-hybridized carbons (Fsp3) is 0.857. The molecule has 114 valence electrons. The molecule has 1 saturated heterocycles. The lowest BCUT2D eigenvalue weighted by molar-refractivity contribution is -0.149. The predicted octanol–water partition coefficient (Wildman–Crippen LogP) is 1.28. The van der Waals surface area contributed by atoms with E-state index in [9.17, 15) is 9.59 Å². The fourth-order valence-corrected chi connectivity index (χ4v) is 2.95. The number of ether oxygens (including phenoxy) is 2. The van der Waals surface area contributed by atoms with Crippen LogP contribution in [0.1, 0.15) is 40.5 Å². The number of piperidine rings is 1. The van der Waals surface area contributed by atoms with E-state index < -0.39 is 17.7 Å². The minimum absolute atomic E-state index is 0.0109. The van der Waals surface area contributed by atoms with E-state index in [1.807, 2.05) is 20.8 Å². The van der Waals surface area contributed by atoms with Crippen LogP contribution < -0.4 is 5.73 Å². The molecule has 0 bridgehead atoms. The van der Waals surface area contributed by atoms with Gasteiger partial charge in [-0.1, -0.05) is 0 Å². The highest BCUT2D eigenvalue weighted by Crippen LogP contribution is 2.59. The zero-order chi connectivity index (χ0) is 15.1. The number of hydrogen-bond donors (Lipinski definition) is 1. The first kappa shape index (κ1) is 15.1. The Morgan fingerprint density at radius 1 is 1.35 bits per heavy atom. The largest absolute Gasteiger partial charge is 0.464 e. The second-order valence-electron chi connectivity index (χ2n) is 6.65. The lowest BCUT2D eigenvalue weighted by atomic mass is 10.00. The summed E-state index contributed by atoms with van der Waals surface area (Å²) in [7, 11) is 0. The van der Waals surface area contributed by atoms with Crippen molar-refractivity contribution in [2.24, 2.45) is 11.1 Å². The molecule has 2 aliphatic rings. The number of amides is 1. The molecule has 2 fully saturated rings. The van der Waals surface area contributed by atoms with Crippen molar-refractivity contribution < 1.29 is 19.1 Å². The molecule has 1 aliphatic carbocycles. The topological polar surface area (TPSA) is 81.9 Å². The van der Waals surface area contributed by atoms with Crippen molar-refractivity contribution in [3.8, 4) is 0 Å². The second kappa shape index (κ2) is 4.91. The Morgan fingerprint density at radius 2 is 2.00 bits per heavy atom. The third-order valence-corrected chi connectivity index (χ3v) is 3.99. The molecule has 1 aliphatic heterocycles. The molecule has 3 atom stereocenters. The fourth-order valence-electron chi connectivity index (χ4n) is 2.95. The number of carbonyl (C=O) groups is 2. The lowest BCUT2D eigenvalue weighted by Gasteiger charge is -2.29. The number of likely N-dealkylation sites (tertiary alicyclic amines) is 1. The number of fused-ring (bicyclic) bond motifs is 1. The van der Waals surface area contributed by atoms with Gasteiger partial charge in [-0.05, 0) is 40.5 Å². The molecule has 6 heteroatoms. The van der Waals surface area contributed by atoms with Crippen molar-refractivity contribution in [2.45, 2.75) is 58.2 Å². The number of rotatable bonds is 3. The van der Waals surface area contributed by atoms with E-state index in [-0.39, 0.29) is 17.4 Å². The standard InChI is InChI=1S/C14H24N2O4/c1-5-19-11(17)9-6-14(8-15)7-10(14)16(9)12(18)20-13(2,3)4/h9-10H,5-8,15H2,1-4H3/t9-,10+,14-/m0/s1. The van der Waals surface area contributed by atoms with Crippen LogP contribution in [0.2, 0.25) is 0 Å². The maximum atomic E-state index is 12.3. The van der Waals surface area contributed by atoms with Crippen LogP contribution in [0.3, 0.4) is 0 Å². The minimum Gasteiger partial charge on any atom is -0.464 e. The monoisotopic (exact) mass is 284 g/mol. The number of nitrogens with zero attached hydrogens (tertiary/aromatic N) is 1. The Kier molecular flexibility index (Phi) is 3.71. The first-order valence-electron chi connectivity index (χ1n) is 7.12. The number of esters is 1. The van der Waals surface area contributed by atoms with Crippen LogP contribution >= 0.6 is 0 Å². The molecule has 1 amide bonds. The van der Waals surface area contributed by atoms with Crippen LogP contribution in [0.5, 0.6) is 0 Å². The van der Waals surface area contributed by atoms with Crippen molar-refractivity contribution >= 4 is 12.1 Å². The van der Waals surface area contributed by atoms with Gasteiger partial charge in [0, 0.05) is 18.0 Å². The van der Waals surface area contributed by atoms with Crippen molar-refractivity contribution in [1.82, 2.24) is 4.90 Å². The van der Waals surface area contributed by atoms with Crippen LogP contribution in [0.25, 0.3) is 0 Å². The Bertz CT molecular complexity index is 418. The normalized spacial score (nSPS) is 31.8. The highest BCUT2D eigenvalue weighted by Gasteiger charge is 2.67. The molecular weight excluding hydrogens is 260 g/mol. The second-order valence-corrected chi connectivity index (χ2v) is 6.65. The first-order valence-corrected chi connectivity index (χ1v) is 7.12. The highest BCUT2D eigenvalue weighted by atomic mass is 16.6. The van der Waals surface area contributed by atoms with E-state index in [0.29, 0.717) is 19.6 Å². The molecule has 0 aromatic heterocycles. The van der Waals surface area contributed by atoms with E-state index in [4.69, 9.17) is 15.2 Å². The lowest BCUT2D eigenvalue weighted by Crippen LogP contribution is -2.46. The molecule has 6 nitrogen and oxygen atoms in total. The van der Waals surface area contributed by atoms with E-state index in [0.717, 1.165) is 6.42 Å². The molecule has 0 spiro atoms. The van der Waals surface area contributed by atoms with E-state index >= 15 is 0 Å². The summed E-state index contributed by atoms with van der Waals surface area (Å²) in [6.45, 7) is 7.96. The van der Waals surface area contributed by atoms with Gasteiger partial charge in [-0.15, -0.1) is 0 Å². The summed E-state index contributed by atoms with van der Waals surface area (Å²) in [5.74, 6) is -0.363. The average molecular weight is 284 g/mol. The van der Waals surface area contributed by atoms with Crippen LogP contribution in [0.15, 0.2) is 0 Å². The molecule has 0 radical (unpaired) electrons. The predicted molar refractivity (Wildman–Crippen MR) is 73.0 cm³/mol. The Morgan fingerprint density at radius 3 is 2.50 bits per heavy atom. The summed E-state index contributed by atoms with van der Waals surface area (Å²) in [6.07, 6.45) is 0.971. The number of nitrogens with two attached hydrogens (primary N) is 1. The molecule has 1 saturated carbocycles. The summed E-state index contributed by atoms with van der Waals surface area (Å²) in [4.78, 5) is 25.9. The molecule has 0 aromatic carbocycles. The first-order chi connectivity index (χ1) is 9.24. The number of carbonyl (C=O) groups excluding carboxylic acids is 2. The van der Waals surface area contributed by atoms with Crippen LogP contribution in [-0.4, -0.2) is 47.8 Å². The van der Waals surface area contributed by atoms with Gasteiger partial charge in [-0.2, -0.15) is 0 Å². The molecule has 2 N–H and O–H groups in total. The van der Waals surface area contributed by atoms with E-state index in [1.165, 1.54) is 4.90 Å². The third-order valence-electron chi connectivity index (χ3n) is 3.99. The average Bonchev–Trinajstić information content (AvgIpc) is 2.93. The maximum absolute atomic E-state index is 12.3. The Hall–Kier alpha value is -1.30. The van der Waals surface area contributed by atoms with Gasteiger partial charge < -0.3 is 15.2 Å².